The molecule has 2 amide bonds. The van der Waals surface area contributed by atoms with Crippen molar-refractivity contribution in [2.24, 2.45) is 5.92 Å². The molecule has 1 fully saturated rings. The summed E-state index contributed by atoms with van der Waals surface area (Å²) in [6, 6.07) is -1.31. The molecule has 150 valence electrons. The third-order valence-electron chi connectivity index (χ3n) is 5.39. The quantitative estimate of drug-likeness (QED) is 0.783. The topological polar surface area (TPSA) is 112 Å². The standard InChI is InChI=1S/C18H21FN4O4S/c1-9(2)15(17(24)22-10-3-4-28(26,27)8-10)23-7-12-13(19)6-21-16-14(12)11(5-20-16)18(23)25/h5-6,9-10,15H,3-4,7-8H2,1-2H3,(H,20,21)(H,22,24). The molecular weight excluding hydrogens is 387 g/mol. The summed E-state index contributed by atoms with van der Waals surface area (Å²) in [6.07, 6.45) is 2.93. The van der Waals surface area contributed by atoms with Crippen molar-refractivity contribution in [1.82, 2.24) is 20.2 Å². The first-order chi connectivity index (χ1) is 13.2. The molecule has 2 aliphatic rings. The molecule has 28 heavy (non-hydrogen) atoms. The molecule has 2 aromatic heterocycles. The number of carbonyl (C=O) groups is 2. The zero-order valence-corrected chi connectivity index (χ0v) is 16.3. The first kappa shape index (κ1) is 18.9. The molecular formula is C18H21FN4O4S. The van der Waals surface area contributed by atoms with Crippen molar-refractivity contribution in [1.29, 1.82) is 0 Å². The van der Waals surface area contributed by atoms with E-state index in [9.17, 15) is 22.4 Å². The Hall–Kier alpha value is -2.49. The second-order valence-corrected chi connectivity index (χ2v) is 9.97. The number of hydrogen-bond donors (Lipinski definition) is 2. The van der Waals surface area contributed by atoms with Gasteiger partial charge in [0.2, 0.25) is 5.91 Å². The fourth-order valence-corrected chi connectivity index (χ4v) is 5.76. The minimum atomic E-state index is -3.14. The maximum Gasteiger partial charge on any atom is 0.257 e. The Balaban J connectivity index is 1.64. The number of carbonyl (C=O) groups excluding carboxylic acids is 2. The van der Waals surface area contributed by atoms with Gasteiger partial charge in [0.05, 0.1) is 29.8 Å². The van der Waals surface area contributed by atoms with Crippen LogP contribution in [0.2, 0.25) is 0 Å². The van der Waals surface area contributed by atoms with Gasteiger partial charge in [-0.1, -0.05) is 13.8 Å². The number of aromatic amines is 1. The summed E-state index contributed by atoms with van der Waals surface area (Å²) >= 11 is 0. The summed E-state index contributed by atoms with van der Waals surface area (Å²) in [5.74, 6) is -1.63. The lowest BCUT2D eigenvalue weighted by molar-refractivity contribution is -0.127. The maximum atomic E-state index is 14.4. The summed E-state index contributed by atoms with van der Waals surface area (Å²) < 4.78 is 37.7. The number of sulfone groups is 1. The summed E-state index contributed by atoms with van der Waals surface area (Å²) in [5.41, 5.74) is 1.04. The largest absolute Gasteiger partial charge is 0.351 e. The van der Waals surface area contributed by atoms with Crippen molar-refractivity contribution in [3.63, 3.8) is 0 Å². The van der Waals surface area contributed by atoms with E-state index in [1.807, 2.05) is 0 Å². The van der Waals surface area contributed by atoms with Crippen molar-refractivity contribution < 1.29 is 22.4 Å². The minimum absolute atomic E-state index is 0.0415. The molecule has 2 unspecified atom stereocenters. The molecule has 0 saturated carbocycles. The Morgan fingerprint density at radius 3 is 2.82 bits per heavy atom. The molecule has 4 heterocycles. The number of nitrogens with zero attached hydrogens (tertiary/aromatic N) is 2. The number of halogens is 1. The minimum Gasteiger partial charge on any atom is -0.351 e. The summed E-state index contributed by atoms with van der Waals surface area (Å²) in [7, 11) is -3.14. The van der Waals surface area contributed by atoms with Gasteiger partial charge in [0, 0.05) is 23.2 Å². The Morgan fingerprint density at radius 2 is 2.18 bits per heavy atom. The lowest BCUT2D eigenvalue weighted by Crippen LogP contribution is -2.54. The van der Waals surface area contributed by atoms with E-state index in [2.05, 4.69) is 15.3 Å². The molecule has 4 rings (SSSR count). The summed E-state index contributed by atoms with van der Waals surface area (Å²) in [6.45, 7) is 3.55. The van der Waals surface area contributed by atoms with Crippen LogP contribution in [-0.2, 0) is 21.2 Å². The third kappa shape index (κ3) is 3.05. The van der Waals surface area contributed by atoms with Gasteiger partial charge >= 0.3 is 0 Å². The molecule has 1 saturated heterocycles. The van der Waals surface area contributed by atoms with E-state index in [-0.39, 0.29) is 35.4 Å². The van der Waals surface area contributed by atoms with Gasteiger partial charge in [0.15, 0.2) is 9.84 Å². The van der Waals surface area contributed by atoms with Crippen LogP contribution >= 0.6 is 0 Å². The fourth-order valence-electron chi connectivity index (χ4n) is 4.08. The Bertz CT molecular complexity index is 1080. The molecule has 0 aliphatic carbocycles. The fraction of sp³-hybridized carbons (Fsp3) is 0.500. The number of H-pyrrole nitrogens is 1. The van der Waals surface area contributed by atoms with Crippen LogP contribution in [-0.4, -0.2) is 58.7 Å². The van der Waals surface area contributed by atoms with Crippen LogP contribution in [0.1, 0.15) is 36.2 Å². The van der Waals surface area contributed by atoms with Crippen LogP contribution in [0.15, 0.2) is 12.4 Å². The lowest BCUT2D eigenvalue weighted by Gasteiger charge is -2.36. The second-order valence-electron chi connectivity index (χ2n) is 7.74. The van der Waals surface area contributed by atoms with Gasteiger partial charge in [-0.15, -0.1) is 0 Å². The monoisotopic (exact) mass is 408 g/mol. The van der Waals surface area contributed by atoms with Gasteiger partial charge in [0.1, 0.15) is 17.5 Å². The number of nitrogens with one attached hydrogen (secondary N) is 2. The van der Waals surface area contributed by atoms with E-state index in [4.69, 9.17) is 0 Å². The van der Waals surface area contributed by atoms with Gasteiger partial charge in [-0.25, -0.2) is 17.8 Å². The predicted octanol–water partition coefficient (Wildman–Crippen LogP) is 0.986. The number of amides is 2. The zero-order chi connectivity index (χ0) is 20.2. The Morgan fingerprint density at radius 1 is 1.43 bits per heavy atom. The molecule has 0 spiro atoms. The molecule has 2 aromatic rings. The van der Waals surface area contributed by atoms with E-state index in [0.29, 0.717) is 23.0 Å². The van der Waals surface area contributed by atoms with Crippen molar-refractivity contribution in [2.45, 2.75) is 38.9 Å². The maximum absolute atomic E-state index is 14.4. The summed E-state index contributed by atoms with van der Waals surface area (Å²) in [4.78, 5) is 34.2. The Labute approximate surface area is 161 Å². The molecule has 8 nitrogen and oxygen atoms in total. The van der Waals surface area contributed by atoms with Crippen LogP contribution in [0.5, 0.6) is 0 Å². The van der Waals surface area contributed by atoms with Crippen LogP contribution < -0.4 is 5.32 Å². The molecule has 0 aromatic carbocycles. The van der Waals surface area contributed by atoms with Gasteiger partial charge in [-0.2, -0.15) is 0 Å². The van der Waals surface area contributed by atoms with Crippen molar-refractivity contribution in [3.05, 3.63) is 29.3 Å². The lowest BCUT2D eigenvalue weighted by atomic mass is 9.95. The molecule has 0 radical (unpaired) electrons. The highest BCUT2D eigenvalue weighted by atomic mass is 32.2. The highest BCUT2D eigenvalue weighted by Crippen LogP contribution is 2.32. The van der Waals surface area contributed by atoms with E-state index in [0.717, 1.165) is 6.20 Å². The first-order valence-electron chi connectivity index (χ1n) is 9.14. The Kier molecular flexibility index (Phi) is 4.40. The average molecular weight is 408 g/mol. The van der Waals surface area contributed by atoms with Crippen LogP contribution in [0.25, 0.3) is 11.0 Å². The number of aromatic nitrogens is 2. The van der Waals surface area contributed by atoms with Crippen molar-refractivity contribution in [2.75, 3.05) is 11.5 Å². The van der Waals surface area contributed by atoms with Crippen LogP contribution in [0.3, 0.4) is 0 Å². The number of hydrogen-bond acceptors (Lipinski definition) is 5. The molecule has 2 aliphatic heterocycles. The zero-order valence-electron chi connectivity index (χ0n) is 15.5. The van der Waals surface area contributed by atoms with Gasteiger partial charge < -0.3 is 15.2 Å². The average Bonchev–Trinajstić information content (AvgIpc) is 3.18. The van der Waals surface area contributed by atoms with E-state index >= 15 is 0 Å². The highest BCUT2D eigenvalue weighted by Gasteiger charge is 2.40. The highest BCUT2D eigenvalue weighted by molar-refractivity contribution is 7.91. The molecule has 2 atom stereocenters. The van der Waals surface area contributed by atoms with E-state index in [1.54, 1.807) is 13.8 Å². The smallest absolute Gasteiger partial charge is 0.257 e. The van der Waals surface area contributed by atoms with E-state index < -0.39 is 33.6 Å². The van der Waals surface area contributed by atoms with Crippen LogP contribution in [0, 0.1) is 11.7 Å². The van der Waals surface area contributed by atoms with Crippen molar-refractivity contribution >= 4 is 32.7 Å². The molecule has 10 heteroatoms. The van der Waals surface area contributed by atoms with Crippen LogP contribution in [0.4, 0.5) is 4.39 Å². The van der Waals surface area contributed by atoms with Gasteiger partial charge in [-0.05, 0) is 12.3 Å². The number of pyridine rings is 1. The SMILES string of the molecule is CC(C)C(C(=O)NC1CCS(=O)(=O)C1)N1Cc2c(F)cnc3[nH]cc(c23)C1=O. The third-order valence-corrected chi connectivity index (χ3v) is 7.16. The van der Waals surface area contributed by atoms with E-state index in [1.165, 1.54) is 11.1 Å². The second kappa shape index (κ2) is 6.54. The molecule has 0 bridgehead atoms. The first-order valence-corrected chi connectivity index (χ1v) is 11.0. The van der Waals surface area contributed by atoms with Crippen molar-refractivity contribution in [3.8, 4) is 0 Å². The van der Waals surface area contributed by atoms with Gasteiger partial charge in [-0.3, -0.25) is 9.59 Å². The normalized spacial score (nSPS) is 22.1. The number of rotatable bonds is 4. The summed E-state index contributed by atoms with van der Waals surface area (Å²) in [5, 5.41) is 3.22. The van der Waals surface area contributed by atoms with Gasteiger partial charge in [0.25, 0.3) is 5.91 Å². The predicted molar refractivity (Wildman–Crippen MR) is 99.8 cm³/mol. The molecule has 2 N–H and O–H groups in total.